The molecule has 8 heteroatoms. The Hall–Kier alpha value is -1.12. The van der Waals surface area contributed by atoms with Gasteiger partial charge in [-0.15, -0.1) is 11.3 Å². The van der Waals surface area contributed by atoms with E-state index in [9.17, 15) is 9.59 Å². The van der Waals surface area contributed by atoms with Crippen LogP contribution in [0.1, 0.15) is 23.3 Å². The molecule has 3 N–H and O–H groups in total. The van der Waals surface area contributed by atoms with E-state index >= 15 is 0 Å². The van der Waals surface area contributed by atoms with Crippen LogP contribution in [0.4, 0.5) is 0 Å². The normalized spacial score (nSPS) is 19.1. The van der Waals surface area contributed by atoms with E-state index < -0.39 is 5.97 Å². The molecule has 0 saturated carbocycles. The Labute approximate surface area is 119 Å². The van der Waals surface area contributed by atoms with Crippen LogP contribution in [0.5, 0.6) is 0 Å². The highest BCUT2D eigenvalue weighted by atomic mass is 32.2. The summed E-state index contributed by atoms with van der Waals surface area (Å²) in [4.78, 5) is 28.1. The fraction of sp³-hybridized carbons (Fsp3) is 0.545. The Kier molecular flexibility index (Phi) is 4.78. The van der Waals surface area contributed by atoms with E-state index in [0.29, 0.717) is 29.6 Å². The maximum absolute atomic E-state index is 11.6. The molecule has 1 aliphatic rings. The van der Waals surface area contributed by atoms with E-state index in [-0.39, 0.29) is 17.6 Å². The predicted octanol–water partition coefficient (Wildman–Crippen LogP) is 0.883. The lowest BCUT2D eigenvalue weighted by atomic mass is 10.2. The zero-order valence-corrected chi connectivity index (χ0v) is 11.9. The standard InChI is InChI=1S/C11H15N3O3S2/c12-5-7-1-2-9(15)14(7)3-4-18-11-13-8(6-19-11)10(16)17/h6-7H,1-5,12H2,(H,16,17)/t7-/m1/s1. The molecule has 0 bridgehead atoms. The van der Waals surface area contributed by atoms with E-state index in [1.54, 1.807) is 0 Å². The highest BCUT2D eigenvalue weighted by molar-refractivity contribution is 8.01. The maximum Gasteiger partial charge on any atom is 0.355 e. The van der Waals surface area contributed by atoms with Crippen molar-refractivity contribution in [2.75, 3.05) is 18.8 Å². The molecule has 1 aromatic rings. The first-order chi connectivity index (χ1) is 9.11. The molecule has 104 valence electrons. The molecule has 0 aliphatic carbocycles. The Balaban J connectivity index is 1.82. The molecule has 0 spiro atoms. The van der Waals surface area contributed by atoms with Gasteiger partial charge >= 0.3 is 5.97 Å². The van der Waals surface area contributed by atoms with Gasteiger partial charge in [0.05, 0.1) is 0 Å². The predicted molar refractivity (Wildman–Crippen MR) is 73.6 cm³/mol. The summed E-state index contributed by atoms with van der Waals surface area (Å²) in [5.41, 5.74) is 5.70. The van der Waals surface area contributed by atoms with Gasteiger partial charge in [0.15, 0.2) is 10.0 Å². The molecule has 19 heavy (non-hydrogen) atoms. The third-order valence-corrected chi connectivity index (χ3v) is 4.99. The van der Waals surface area contributed by atoms with Crippen molar-refractivity contribution in [3.05, 3.63) is 11.1 Å². The van der Waals surface area contributed by atoms with E-state index in [4.69, 9.17) is 10.8 Å². The summed E-state index contributed by atoms with van der Waals surface area (Å²) in [7, 11) is 0. The number of thioether (sulfide) groups is 1. The fourth-order valence-electron chi connectivity index (χ4n) is 2.00. The van der Waals surface area contributed by atoms with Crippen molar-refractivity contribution in [2.24, 2.45) is 5.73 Å². The zero-order chi connectivity index (χ0) is 13.8. The average Bonchev–Trinajstić information content (AvgIpc) is 2.98. The van der Waals surface area contributed by atoms with Gasteiger partial charge in [-0.25, -0.2) is 9.78 Å². The molecule has 1 aromatic heterocycles. The summed E-state index contributed by atoms with van der Waals surface area (Å²) in [5.74, 6) is -0.156. The molecular weight excluding hydrogens is 286 g/mol. The molecular formula is C11H15N3O3S2. The van der Waals surface area contributed by atoms with Crippen LogP contribution < -0.4 is 5.73 Å². The zero-order valence-electron chi connectivity index (χ0n) is 10.2. The Bertz CT molecular complexity index is 478. The number of carboxylic acids is 1. The number of hydrogen-bond donors (Lipinski definition) is 2. The first-order valence-corrected chi connectivity index (χ1v) is 7.79. The summed E-state index contributed by atoms with van der Waals surface area (Å²) in [6.45, 7) is 1.13. The summed E-state index contributed by atoms with van der Waals surface area (Å²) < 4.78 is 0.716. The first-order valence-electron chi connectivity index (χ1n) is 5.93. The van der Waals surface area contributed by atoms with Crippen molar-refractivity contribution in [3.63, 3.8) is 0 Å². The Morgan fingerprint density at radius 3 is 3.11 bits per heavy atom. The Morgan fingerprint density at radius 2 is 2.47 bits per heavy atom. The van der Waals surface area contributed by atoms with Crippen LogP contribution in [-0.4, -0.2) is 51.8 Å². The number of likely N-dealkylation sites (tertiary alicyclic amines) is 1. The van der Waals surface area contributed by atoms with E-state index in [1.807, 2.05) is 4.90 Å². The third kappa shape index (κ3) is 3.46. The molecule has 1 saturated heterocycles. The van der Waals surface area contributed by atoms with Gasteiger partial charge < -0.3 is 15.7 Å². The van der Waals surface area contributed by atoms with Crippen LogP contribution in [0, 0.1) is 0 Å². The van der Waals surface area contributed by atoms with Gasteiger partial charge in [0.2, 0.25) is 5.91 Å². The Morgan fingerprint density at radius 1 is 1.68 bits per heavy atom. The smallest absolute Gasteiger partial charge is 0.355 e. The van der Waals surface area contributed by atoms with Gasteiger partial charge in [0.1, 0.15) is 0 Å². The molecule has 2 rings (SSSR count). The van der Waals surface area contributed by atoms with E-state index in [0.717, 1.165) is 6.42 Å². The largest absolute Gasteiger partial charge is 0.476 e. The lowest BCUT2D eigenvalue weighted by molar-refractivity contribution is -0.128. The summed E-state index contributed by atoms with van der Waals surface area (Å²) in [6, 6.07) is 0.152. The lowest BCUT2D eigenvalue weighted by Crippen LogP contribution is -2.39. The van der Waals surface area contributed by atoms with Crippen molar-refractivity contribution < 1.29 is 14.7 Å². The minimum absolute atomic E-state index is 0.0737. The average molecular weight is 301 g/mol. The van der Waals surface area contributed by atoms with Crippen LogP contribution in [0.2, 0.25) is 0 Å². The van der Waals surface area contributed by atoms with Crippen LogP contribution in [0.3, 0.4) is 0 Å². The minimum atomic E-state index is -1.01. The van der Waals surface area contributed by atoms with Crippen molar-refractivity contribution in [3.8, 4) is 0 Å². The summed E-state index contributed by atoms with van der Waals surface area (Å²) in [5, 5.41) is 10.3. The van der Waals surface area contributed by atoms with Crippen molar-refractivity contribution in [1.82, 2.24) is 9.88 Å². The summed E-state index contributed by atoms with van der Waals surface area (Å²) >= 11 is 2.78. The van der Waals surface area contributed by atoms with Crippen LogP contribution >= 0.6 is 23.1 Å². The van der Waals surface area contributed by atoms with Crippen LogP contribution in [-0.2, 0) is 4.79 Å². The molecule has 2 heterocycles. The van der Waals surface area contributed by atoms with Gasteiger partial charge in [-0.2, -0.15) is 0 Å². The van der Waals surface area contributed by atoms with Crippen molar-refractivity contribution >= 4 is 35.0 Å². The number of carbonyl (C=O) groups excluding carboxylic acids is 1. The number of thiazole rings is 1. The number of hydrogen-bond acceptors (Lipinski definition) is 6. The van der Waals surface area contributed by atoms with Gasteiger partial charge in [-0.3, -0.25) is 4.79 Å². The maximum atomic E-state index is 11.6. The number of carbonyl (C=O) groups is 2. The molecule has 1 atom stereocenters. The SMILES string of the molecule is NC[C@H]1CCC(=O)N1CCSc1nc(C(=O)O)cs1. The monoisotopic (exact) mass is 301 g/mol. The third-order valence-electron chi connectivity index (χ3n) is 2.98. The minimum Gasteiger partial charge on any atom is -0.476 e. The number of aromatic carboxylic acids is 1. The second kappa shape index (κ2) is 6.36. The molecule has 0 aromatic carbocycles. The molecule has 1 amide bonds. The second-order valence-electron chi connectivity index (χ2n) is 4.17. The van der Waals surface area contributed by atoms with Gasteiger partial charge in [-0.1, -0.05) is 11.8 Å². The highest BCUT2D eigenvalue weighted by Gasteiger charge is 2.29. The quantitative estimate of drug-likeness (QED) is 0.757. The summed E-state index contributed by atoms with van der Waals surface area (Å²) in [6.07, 6.45) is 1.41. The lowest BCUT2D eigenvalue weighted by Gasteiger charge is -2.23. The number of amides is 1. The number of nitrogens with zero attached hydrogens (tertiary/aromatic N) is 2. The van der Waals surface area contributed by atoms with E-state index in [2.05, 4.69) is 4.98 Å². The number of aromatic nitrogens is 1. The van der Waals surface area contributed by atoms with E-state index in [1.165, 1.54) is 28.5 Å². The molecule has 6 nitrogen and oxygen atoms in total. The van der Waals surface area contributed by atoms with Crippen molar-refractivity contribution in [2.45, 2.75) is 23.2 Å². The first kappa shape index (κ1) is 14.3. The van der Waals surface area contributed by atoms with Crippen LogP contribution in [0.25, 0.3) is 0 Å². The number of carboxylic acid groups (broad SMARTS) is 1. The highest BCUT2D eigenvalue weighted by Crippen LogP contribution is 2.24. The number of rotatable bonds is 6. The second-order valence-corrected chi connectivity index (χ2v) is 6.37. The van der Waals surface area contributed by atoms with Crippen LogP contribution in [0.15, 0.2) is 9.72 Å². The molecule has 0 radical (unpaired) electrons. The van der Waals surface area contributed by atoms with Gasteiger partial charge in [-0.05, 0) is 6.42 Å². The van der Waals surface area contributed by atoms with Gasteiger partial charge in [0, 0.05) is 36.7 Å². The molecule has 1 aliphatic heterocycles. The fourth-order valence-corrected chi connectivity index (χ4v) is 3.81. The molecule has 0 unspecified atom stereocenters. The topological polar surface area (TPSA) is 96.5 Å². The van der Waals surface area contributed by atoms with Crippen molar-refractivity contribution in [1.29, 1.82) is 0 Å². The molecule has 1 fully saturated rings. The number of nitrogens with two attached hydrogens (primary N) is 1. The van der Waals surface area contributed by atoms with Gasteiger partial charge in [0.25, 0.3) is 0 Å².